The van der Waals surface area contributed by atoms with Crippen molar-refractivity contribution in [1.29, 1.82) is 0 Å². The molecule has 1 fully saturated rings. The zero-order valence-electron chi connectivity index (χ0n) is 22.3. The Hall–Kier alpha value is -1.50. The summed E-state index contributed by atoms with van der Waals surface area (Å²) in [5, 5.41) is 6.68. The lowest BCUT2D eigenvalue weighted by molar-refractivity contribution is -0.0684. The molecule has 7 heterocycles. The first-order valence-electron chi connectivity index (χ1n) is 13.6. The van der Waals surface area contributed by atoms with Gasteiger partial charge in [0.15, 0.2) is 0 Å². The molecule has 7 rings (SSSR count). The SMILES string of the molecule is C[C@@H]1CN(CCCN2CCc3c(sc4ncnc(Cl)c34)C2)C[C@H](C)O1.Clc1ncnc2sc3c(c12)CCNC3. The average Bonchev–Trinajstić information content (AvgIpc) is 3.48. The summed E-state index contributed by atoms with van der Waals surface area (Å²) in [6.07, 6.45) is 7.09. The molecule has 0 radical (unpaired) electrons. The van der Waals surface area contributed by atoms with Gasteiger partial charge in [-0.05, 0) is 63.9 Å². The first-order chi connectivity index (χ1) is 19.0. The van der Waals surface area contributed by atoms with Gasteiger partial charge in [-0.3, -0.25) is 9.80 Å². The Labute approximate surface area is 246 Å². The Balaban J connectivity index is 0.000000166. The summed E-state index contributed by atoms with van der Waals surface area (Å²) in [6.45, 7) is 12.8. The molecule has 0 saturated carbocycles. The van der Waals surface area contributed by atoms with Crippen LogP contribution in [0.4, 0.5) is 0 Å². The maximum atomic E-state index is 6.29. The van der Waals surface area contributed by atoms with Crippen LogP contribution in [-0.4, -0.2) is 81.2 Å². The van der Waals surface area contributed by atoms with Gasteiger partial charge in [-0.1, -0.05) is 23.2 Å². The number of thiophene rings is 2. The minimum absolute atomic E-state index is 0.353. The molecule has 1 N–H and O–H groups in total. The van der Waals surface area contributed by atoms with Crippen LogP contribution in [0.15, 0.2) is 12.7 Å². The third kappa shape index (κ3) is 6.08. The molecule has 3 aliphatic rings. The van der Waals surface area contributed by atoms with Gasteiger partial charge < -0.3 is 10.1 Å². The van der Waals surface area contributed by atoms with Gasteiger partial charge in [-0.2, -0.15) is 0 Å². The van der Waals surface area contributed by atoms with Crippen LogP contribution in [-0.2, 0) is 30.7 Å². The molecule has 1 saturated heterocycles. The van der Waals surface area contributed by atoms with Gasteiger partial charge in [0.25, 0.3) is 0 Å². The van der Waals surface area contributed by atoms with Crippen molar-refractivity contribution >= 4 is 66.3 Å². The molecular formula is C27H33Cl2N7OS2. The second kappa shape index (κ2) is 12.2. The summed E-state index contributed by atoms with van der Waals surface area (Å²) in [5.74, 6) is 0. The third-order valence-corrected chi connectivity index (χ3v) is 10.4. The van der Waals surface area contributed by atoms with Crippen molar-refractivity contribution in [1.82, 2.24) is 35.1 Å². The molecule has 4 aromatic rings. The molecular weight excluding hydrogens is 573 g/mol. The van der Waals surface area contributed by atoms with Crippen LogP contribution in [0.5, 0.6) is 0 Å². The molecule has 8 nitrogen and oxygen atoms in total. The molecule has 0 spiro atoms. The van der Waals surface area contributed by atoms with E-state index in [1.54, 1.807) is 29.0 Å². The van der Waals surface area contributed by atoms with Crippen molar-refractivity contribution < 1.29 is 4.74 Å². The standard InChI is InChI=1S/C18H25ClN4OS.C9H8ClN3S/c1-12-8-23(9-13(2)24-12)6-3-5-22-7-4-14-15(10-22)25-18-16(14)17(19)20-11-21-18;10-8-7-5-1-2-11-3-6(5)14-9(7)13-4-12-8/h11-13H,3-10H2,1-2H3;4,11H,1-3H2/t12-,13+;. The molecule has 0 amide bonds. The summed E-state index contributed by atoms with van der Waals surface area (Å²) in [7, 11) is 0. The van der Waals surface area contributed by atoms with Crippen molar-refractivity contribution in [2.75, 3.05) is 39.3 Å². The maximum absolute atomic E-state index is 6.29. The molecule has 0 aliphatic carbocycles. The zero-order chi connectivity index (χ0) is 26.9. The third-order valence-electron chi connectivity index (χ3n) is 7.58. The first kappa shape index (κ1) is 27.7. The number of nitrogens with zero attached hydrogens (tertiary/aromatic N) is 6. The van der Waals surface area contributed by atoms with Crippen LogP contribution in [0, 0.1) is 0 Å². The molecule has 208 valence electrons. The number of morpholine rings is 1. The van der Waals surface area contributed by atoms with E-state index in [2.05, 4.69) is 48.9 Å². The summed E-state index contributed by atoms with van der Waals surface area (Å²) >= 11 is 15.9. The number of hydrogen-bond donors (Lipinski definition) is 1. The predicted octanol–water partition coefficient (Wildman–Crippen LogP) is 5.19. The largest absolute Gasteiger partial charge is 0.373 e. The van der Waals surface area contributed by atoms with E-state index in [1.165, 1.54) is 33.6 Å². The Morgan fingerprint density at radius 2 is 1.49 bits per heavy atom. The lowest BCUT2D eigenvalue weighted by Crippen LogP contribution is -2.46. The smallest absolute Gasteiger partial charge is 0.141 e. The van der Waals surface area contributed by atoms with E-state index in [9.17, 15) is 0 Å². The van der Waals surface area contributed by atoms with Crippen molar-refractivity contribution in [2.45, 2.75) is 58.4 Å². The van der Waals surface area contributed by atoms with Gasteiger partial charge in [0.05, 0.1) is 23.0 Å². The van der Waals surface area contributed by atoms with Gasteiger partial charge in [0.1, 0.15) is 32.6 Å². The molecule has 12 heteroatoms. The number of ether oxygens (including phenoxy) is 1. The van der Waals surface area contributed by atoms with E-state index in [0.29, 0.717) is 22.5 Å². The first-order valence-corrected chi connectivity index (χ1v) is 16.0. The fourth-order valence-electron chi connectivity index (χ4n) is 5.94. The normalized spacial score (nSPS) is 21.9. The van der Waals surface area contributed by atoms with Crippen molar-refractivity contribution in [2.24, 2.45) is 0 Å². The monoisotopic (exact) mass is 605 g/mol. The van der Waals surface area contributed by atoms with Gasteiger partial charge in [0.2, 0.25) is 0 Å². The summed E-state index contributed by atoms with van der Waals surface area (Å²) < 4.78 is 5.82. The van der Waals surface area contributed by atoms with Crippen molar-refractivity contribution in [3.05, 3.63) is 43.8 Å². The average molecular weight is 607 g/mol. The number of rotatable bonds is 4. The van der Waals surface area contributed by atoms with Crippen molar-refractivity contribution in [3.63, 3.8) is 0 Å². The number of aromatic nitrogens is 4. The van der Waals surface area contributed by atoms with Gasteiger partial charge in [0, 0.05) is 42.5 Å². The predicted molar refractivity (Wildman–Crippen MR) is 160 cm³/mol. The molecule has 0 aromatic carbocycles. The second-order valence-corrected chi connectivity index (χ2v) is 13.4. The number of halogens is 2. The minimum atomic E-state index is 0.353. The van der Waals surface area contributed by atoms with Crippen LogP contribution in [0.25, 0.3) is 20.4 Å². The molecule has 4 aromatic heterocycles. The fraction of sp³-hybridized carbons (Fsp3) is 0.556. The van der Waals surface area contributed by atoms with Gasteiger partial charge in [-0.15, -0.1) is 22.7 Å². The number of hydrogen-bond acceptors (Lipinski definition) is 10. The van der Waals surface area contributed by atoms with E-state index in [4.69, 9.17) is 27.9 Å². The topological polar surface area (TPSA) is 79.3 Å². The van der Waals surface area contributed by atoms with Gasteiger partial charge >= 0.3 is 0 Å². The zero-order valence-corrected chi connectivity index (χ0v) is 25.4. The highest BCUT2D eigenvalue weighted by Crippen LogP contribution is 2.37. The highest BCUT2D eigenvalue weighted by molar-refractivity contribution is 7.19. The minimum Gasteiger partial charge on any atom is -0.373 e. The fourth-order valence-corrected chi connectivity index (χ4v) is 8.93. The van der Waals surface area contributed by atoms with Crippen LogP contribution in [0.2, 0.25) is 10.3 Å². The molecule has 39 heavy (non-hydrogen) atoms. The molecule has 0 unspecified atom stereocenters. The lowest BCUT2D eigenvalue weighted by atomic mass is 10.1. The molecule has 0 bridgehead atoms. The summed E-state index contributed by atoms with van der Waals surface area (Å²) in [5.41, 5.74) is 2.71. The van der Waals surface area contributed by atoms with Crippen LogP contribution >= 0.6 is 45.9 Å². The van der Waals surface area contributed by atoms with E-state index in [1.807, 2.05) is 0 Å². The number of nitrogens with one attached hydrogen (secondary N) is 1. The highest BCUT2D eigenvalue weighted by Gasteiger charge is 2.25. The van der Waals surface area contributed by atoms with E-state index >= 15 is 0 Å². The molecule has 2 atom stereocenters. The van der Waals surface area contributed by atoms with E-state index in [0.717, 1.165) is 85.6 Å². The Bertz CT molecular complexity index is 1450. The molecule has 3 aliphatic heterocycles. The van der Waals surface area contributed by atoms with Crippen LogP contribution in [0.3, 0.4) is 0 Å². The van der Waals surface area contributed by atoms with Crippen LogP contribution < -0.4 is 5.32 Å². The van der Waals surface area contributed by atoms with Gasteiger partial charge in [-0.25, -0.2) is 19.9 Å². The van der Waals surface area contributed by atoms with Crippen LogP contribution in [0.1, 0.15) is 41.1 Å². The Morgan fingerprint density at radius 3 is 2.18 bits per heavy atom. The van der Waals surface area contributed by atoms with Crippen molar-refractivity contribution in [3.8, 4) is 0 Å². The summed E-state index contributed by atoms with van der Waals surface area (Å²) in [4.78, 5) is 26.7. The summed E-state index contributed by atoms with van der Waals surface area (Å²) in [6, 6.07) is 0. The lowest BCUT2D eigenvalue weighted by Gasteiger charge is -2.36. The Kier molecular flexibility index (Phi) is 8.63. The van der Waals surface area contributed by atoms with E-state index < -0.39 is 0 Å². The quantitative estimate of drug-likeness (QED) is 0.318. The number of fused-ring (bicyclic) bond motifs is 6. The van der Waals surface area contributed by atoms with E-state index in [-0.39, 0.29) is 0 Å². The Morgan fingerprint density at radius 1 is 0.872 bits per heavy atom. The highest BCUT2D eigenvalue weighted by atomic mass is 35.5. The maximum Gasteiger partial charge on any atom is 0.141 e. The second-order valence-electron chi connectivity index (χ2n) is 10.5.